The number of nitrogens with one attached hydrogen (secondary N) is 1. The van der Waals surface area contributed by atoms with Crippen LogP contribution in [0.3, 0.4) is 0 Å². The van der Waals surface area contributed by atoms with Gasteiger partial charge in [-0.25, -0.2) is 13.4 Å². The van der Waals surface area contributed by atoms with E-state index in [1.54, 1.807) is 35.0 Å². The minimum absolute atomic E-state index is 0.107. The SMILES string of the molecule is CC1(C(=O)Nc2ccc3scnc3c2)CCN(S(=O)(=O)c2cccc3nsnc23)CC1. The third-order valence-electron chi connectivity index (χ3n) is 5.83. The number of benzene rings is 2. The second kappa shape index (κ2) is 7.59. The van der Waals surface area contributed by atoms with Crippen molar-refractivity contribution in [2.45, 2.75) is 24.7 Å². The summed E-state index contributed by atoms with van der Waals surface area (Å²) in [6.45, 7) is 2.43. The molecule has 31 heavy (non-hydrogen) atoms. The minimum Gasteiger partial charge on any atom is -0.326 e. The van der Waals surface area contributed by atoms with Crippen LogP contribution < -0.4 is 5.32 Å². The highest BCUT2D eigenvalue weighted by Crippen LogP contribution is 2.35. The van der Waals surface area contributed by atoms with Crippen molar-refractivity contribution < 1.29 is 13.2 Å². The molecule has 160 valence electrons. The summed E-state index contributed by atoms with van der Waals surface area (Å²) >= 11 is 2.55. The van der Waals surface area contributed by atoms with Crippen LogP contribution in [0.4, 0.5) is 5.69 Å². The minimum atomic E-state index is -3.71. The summed E-state index contributed by atoms with van der Waals surface area (Å²) in [5.41, 5.74) is 3.63. The molecule has 0 saturated carbocycles. The quantitative estimate of drug-likeness (QED) is 0.484. The topological polar surface area (TPSA) is 105 Å². The van der Waals surface area contributed by atoms with Gasteiger partial charge in [0, 0.05) is 24.2 Å². The van der Waals surface area contributed by atoms with Crippen molar-refractivity contribution >= 4 is 65.9 Å². The van der Waals surface area contributed by atoms with E-state index in [2.05, 4.69) is 19.0 Å². The smallest absolute Gasteiger partial charge is 0.245 e. The monoisotopic (exact) mass is 473 g/mol. The van der Waals surface area contributed by atoms with Gasteiger partial charge in [-0.2, -0.15) is 13.1 Å². The zero-order valence-electron chi connectivity index (χ0n) is 16.6. The maximum atomic E-state index is 13.2. The number of piperidine rings is 1. The van der Waals surface area contributed by atoms with E-state index in [4.69, 9.17) is 0 Å². The van der Waals surface area contributed by atoms with Crippen LogP contribution in [-0.4, -0.2) is 45.5 Å². The molecule has 1 saturated heterocycles. The van der Waals surface area contributed by atoms with Crippen LogP contribution in [0.1, 0.15) is 19.8 Å². The van der Waals surface area contributed by atoms with Crippen molar-refractivity contribution in [2.75, 3.05) is 18.4 Å². The van der Waals surface area contributed by atoms with Gasteiger partial charge >= 0.3 is 0 Å². The first-order chi connectivity index (χ1) is 14.9. The lowest BCUT2D eigenvalue weighted by Crippen LogP contribution is -2.46. The molecular weight excluding hydrogens is 454 g/mol. The number of aromatic nitrogens is 3. The summed E-state index contributed by atoms with van der Waals surface area (Å²) in [6, 6.07) is 10.6. The summed E-state index contributed by atoms with van der Waals surface area (Å²) in [5.74, 6) is -0.107. The molecule has 3 heterocycles. The number of fused-ring (bicyclic) bond motifs is 2. The molecule has 0 radical (unpaired) electrons. The molecule has 0 spiro atoms. The Kier molecular flexibility index (Phi) is 5.00. The number of rotatable bonds is 4. The predicted molar refractivity (Wildman–Crippen MR) is 122 cm³/mol. The Morgan fingerprint density at radius 3 is 2.74 bits per heavy atom. The third-order valence-corrected chi connectivity index (χ3v) is 9.11. The van der Waals surface area contributed by atoms with Crippen LogP contribution >= 0.6 is 23.1 Å². The van der Waals surface area contributed by atoms with E-state index < -0.39 is 15.4 Å². The molecule has 0 bridgehead atoms. The third kappa shape index (κ3) is 3.61. The Bertz CT molecular complexity index is 1390. The maximum Gasteiger partial charge on any atom is 0.245 e. The largest absolute Gasteiger partial charge is 0.326 e. The van der Waals surface area contributed by atoms with Gasteiger partial charge in [-0.1, -0.05) is 13.0 Å². The molecular formula is C20H19N5O3S3. The van der Waals surface area contributed by atoms with E-state index in [0.29, 0.717) is 29.6 Å². The van der Waals surface area contributed by atoms with E-state index in [9.17, 15) is 13.2 Å². The Morgan fingerprint density at radius 2 is 1.94 bits per heavy atom. The summed E-state index contributed by atoms with van der Waals surface area (Å²) < 4.78 is 37.2. The fourth-order valence-electron chi connectivity index (χ4n) is 3.79. The Hall–Kier alpha value is -2.47. The normalized spacial score (nSPS) is 17.2. The van der Waals surface area contributed by atoms with Gasteiger partial charge in [-0.05, 0) is 43.2 Å². The first-order valence-corrected chi connectivity index (χ1v) is 12.8. The Balaban J connectivity index is 1.31. The molecule has 2 aromatic carbocycles. The molecule has 5 rings (SSSR count). The van der Waals surface area contributed by atoms with Crippen LogP contribution in [0.25, 0.3) is 21.3 Å². The summed E-state index contributed by atoms with van der Waals surface area (Å²) in [4.78, 5) is 17.5. The summed E-state index contributed by atoms with van der Waals surface area (Å²) in [5, 5.41) is 2.98. The lowest BCUT2D eigenvalue weighted by molar-refractivity contribution is -0.126. The van der Waals surface area contributed by atoms with Crippen molar-refractivity contribution in [2.24, 2.45) is 5.41 Å². The first kappa shape index (κ1) is 20.4. The van der Waals surface area contributed by atoms with Gasteiger partial charge in [0.25, 0.3) is 0 Å². The highest BCUT2D eigenvalue weighted by Gasteiger charge is 2.41. The second-order valence-electron chi connectivity index (χ2n) is 7.84. The predicted octanol–water partition coefficient (Wildman–Crippen LogP) is 3.73. The molecule has 1 fully saturated rings. The lowest BCUT2D eigenvalue weighted by atomic mass is 9.80. The molecule has 1 N–H and O–H groups in total. The van der Waals surface area contributed by atoms with Crippen LogP contribution in [0.15, 0.2) is 46.8 Å². The number of nitrogens with zero attached hydrogens (tertiary/aromatic N) is 4. The first-order valence-electron chi connectivity index (χ1n) is 9.73. The van der Waals surface area contributed by atoms with Crippen molar-refractivity contribution in [3.8, 4) is 0 Å². The summed E-state index contributed by atoms with van der Waals surface area (Å²) in [7, 11) is -3.71. The van der Waals surface area contributed by atoms with E-state index >= 15 is 0 Å². The van der Waals surface area contributed by atoms with Crippen molar-refractivity contribution in [3.05, 3.63) is 41.9 Å². The fraction of sp³-hybridized carbons (Fsp3) is 0.300. The van der Waals surface area contributed by atoms with Crippen LogP contribution in [-0.2, 0) is 14.8 Å². The standard InChI is InChI=1S/C20H19N5O3S3/c1-20(19(26)22-13-5-6-16-15(11-13)21-12-29-16)7-9-25(10-8-20)31(27,28)17-4-2-3-14-18(17)24-30-23-14/h2-6,11-12H,7-10H2,1H3,(H,22,26). The van der Waals surface area contributed by atoms with Crippen LogP contribution in [0.5, 0.6) is 0 Å². The number of sulfonamides is 1. The van der Waals surface area contributed by atoms with Gasteiger partial charge in [0.2, 0.25) is 15.9 Å². The van der Waals surface area contributed by atoms with Crippen molar-refractivity contribution in [1.82, 2.24) is 18.0 Å². The average molecular weight is 474 g/mol. The highest BCUT2D eigenvalue weighted by atomic mass is 32.2. The van der Waals surface area contributed by atoms with Crippen molar-refractivity contribution in [3.63, 3.8) is 0 Å². The van der Waals surface area contributed by atoms with E-state index in [0.717, 1.165) is 21.9 Å². The van der Waals surface area contributed by atoms with Gasteiger partial charge < -0.3 is 5.32 Å². The number of carbonyl (C=O) groups is 1. The van der Waals surface area contributed by atoms with Crippen molar-refractivity contribution in [1.29, 1.82) is 0 Å². The molecule has 1 aliphatic heterocycles. The van der Waals surface area contributed by atoms with Crippen LogP contribution in [0, 0.1) is 5.41 Å². The molecule has 1 amide bonds. The number of amides is 1. The Morgan fingerprint density at radius 1 is 1.13 bits per heavy atom. The summed E-state index contributed by atoms with van der Waals surface area (Å²) in [6.07, 6.45) is 0.866. The lowest BCUT2D eigenvalue weighted by Gasteiger charge is -2.37. The van der Waals surface area contributed by atoms with E-state index in [-0.39, 0.29) is 23.9 Å². The molecule has 0 unspecified atom stereocenters. The van der Waals surface area contributed by atoms with Gasteiger partial charge in [-0.3, -0.25) is 4.79 Å². The molecule has 1 aliphatic rings. The molecule has 0 atom stereocenters. The van der Waals surface area contributed by atoms with E-state index in [1.807, 2.05) is 25.1 Å². The van der Waals surface area contributed by atoms with E-state index in [1.165, 1.54) is 4.31 Å². The molecule has 2 aromatic heterocycles. The van der Waals surface area contributed by atoms with Gasteiger partial charge in [-0.15, -0.1) is 11.3 Å². The highest BCUT2D eigenvalue weighted by molar-refractivity contribution is 7.89. The van der Waals surface area contributed by atoms with Gasteiger partial charge in [0.05, 0.1) is 27.5 Å². The zero-order chi connectivity index (χ0) is 21.6. The Labute approximate surface area is 187 Å². The molecule has 11 heteroatoms. The maximum absolute atomic E-state index is 13.2. The fourth-order valence-corrected chi connectivity index (χ4v) is 6.65. The number of hydrogen-bond donors (Lipinski definition) is 1. The molecule has 8 nitrogen and oxygen atoms in total. The molecule has 0 aliphatic carbocycles. The zero-order valence-corrected chi connectivity index (χ0v) is 19.1. The van der Waals surface area contributed by atoms with Gasteiger partial charge in [0.15, 0.2) is 0 Å². The van der Waals surface area contributed by atoms with Gasteiger partial charge in [0.1, 0.15) is 15.9 Å². The second-order valence-corrected chi connectivity index (χ2v) is 11.2. The van der Waals surface area contributed by atoms with Crippen LogP contribution in [0.2, 0.25) is 0 Å². The number of carbonyl (C=O) groups excluding carboxylic acids is 1. The average Bonchev–Trinajstić information content (AvgIpc) is 3.42. The number of thiazole rings is 1. The number of anilines is 1. The number of hydrogen-bond acceptors (Lipinski definition) is 8. The molecule has 4 aromatic rings.